The molecule has 0 spiro atoms. The Kier molecular flexibility index (Phi) is 5.54. The summed E-state index contributed by atoms with van der Waals surface area (Å²) in [4.78, 5) is 11.8. The third-order valence-electron chi connectivity index (χ3n) is 2.53. The average Bonchev–Trinajstić information content (AvgIpc) is 2.83. The molecule has 2 aromatic rings. The van der Waals surface area contributed by atoms with E-state index in [0.717, 1.165) is 11.4 Å². The number of carbonyl (C=O) groups excluding carboxylic acids is 1. The van der Waals surface area contributed by atoms with Gasteiger partial charge in [-0.25, -0.2) is 4.68 Å². The van der Waals surface area contributed by atoms with E-state index in [9.17, 15) is 4.79 Å². The monoisotopic (exact) mass is 280 g/mol. The Morgan fingerprint density at radius 3 is 2.84 bits per heavy atom. The molecule has 0 radical (unpaired) electrons. The summed E-state index contributed by atoms with van der Waals surface area (Å²) >= 11 is 0. The number of hydrogen-bond acceptors (Lipinski definition) is 3. The largest absolute Gasteiger partial charge is 0.351 e. The average molecular weight is 281 g/mol. The molecular weight excluding hydrogens is 264 g/mol. The highest BCUT2D eigenvalue weighted by Gasteiger charge is 2.06. The van der Waals surface area contributed by atoms with Crippen molar-refractivity contribution in [3.63, 3.8) is 0 Å². The van der Waals surface area contributed by atoms with E-state index in [1.54, 1.807) is 16.8 Å². The molecule has 0 aliphatic rings. The summed E-state index contributed by atoms with van der Waals surface area (Å²) in [7, 11) is 0. The third-order valence-corrected chi connectivity index (χ3v) is 2.53. The number of carbonyl (C=O) groups is 1. The molecule has 0 atom stereocenters. The first-order chi connectivity index (χ1) is 8.70. The van der Waals surface area contributed by atoms with Crippen molar-refractivity contribution in [3.05, 3.63) is 47.8 Å². The zero-order valence-corrected chi connectivity index (χ0v) is 11.5. The van der Waals surface area contributed by atoms with E-state index >= 15 is 0 Å². The van der Waals surface area contributed by atoms with Gasteiger partial charge in [-0.15, -0.1) is 12.4 Å². The molecule has 0 aliphatic heterocycles. The molecule has 6 heteroatoms. The number of nitrogens with zero attached hydrogens (tertiary/aromatic N) is 2. The number of hydrogen-bond donors (Lipinski definition) is 2. The number of halogens is 1. The molecule has 19 heavy (non-hydrogen) atoms. The van der Waals surface area contributed by atoms with E-state index in [1.807, 2.05) is 31.3 Å². The second kappa shape index (κ2) is 6.92. The quantitative estimate of drug-likeness (QED) is 0.886. The van der Waals surface area contributed by atoms with Crippen LogP contribution < -0.4 is 11.1 Å². The second-order valence-electron chi connectivity index (χ2n) is 4.00. The number of nitrogens with two attached hydrogens (primary N) is 1. The Morgan fingerprint density at radius 2 is 2.21 bits per heavy atom. The molecule has 5 nitrogen and oxygen atoms in total. The van der Waals surface area contributed by atoms with Gasteiger partial charge >= 0.3 is 0 Å². The van der Waals surface area contributed by atoms with Gasteiger partial charge in [0.1, 0.15) is 0 Å². The summed E-state index contributed by atoms with van der Waals surface area (Å²) in [6.45, 7) is 2.84. The van der Waals surface area contributed by atoms with E-state index in [0.29, 0.717) is 18.7 Å². The Labute approximate surface area is 118 Å². The lowest BCUT2D eigenvalue weighted by Gasteiger charge is -2.06. The first-order valence-electron chi connectivity index (χ1n) is 5.81. The SMILES string of the molecule is Cc1ccn(-c2cccc(C(=O)NCCN)c2)n1.Cl. The number of benzene rings is 1. The van der Waals surface area contributed by atoms with E-state index in [1.165, 1.54) is 0 Å². The van der Waals surface area contributed by atoms with Crippen molar-refractivity contribution in [2.45, 2.75) is 6.92 Å². The molecule has 3 N–H and O–H groups in total. The molecule has 0 saturated carbocycles. The molecule has 1 aromatic heterocycles. The molecule has 0 bridgehead atoms. The van der Waals surface area contributed by atoms with E-state index in [2.05, 4.69) is 10.4 Å². The van der Waals surface area contributed by atoms with Crippen molar-refractivity contribution in [2.24, 2.45) is 5.73 Å². The van der Waals surface area contributed by atoms with Crippen LogP contribution in [0.3, 0.4) is 0 Å². The summed E-state index contributed by atoms with van der Waals surface area (Å²) in [5.41, 5.74) is 7.76. The fraction of sp³-hybridized carbons (Fsp3) is 0.231. The fourth-order valence-electron chi connectivity index (χ4n) is 1.64. The second-order valence-corrected chi connectivity index (χ2v) is 4.00. The molecule has 1 heterocycles. The van der Waals surface area contributed by atoms with Gasteiger partial charge in [0.05, 0.1) is 11.4 Å². The molecule has 0 unspecified atom stereocenters. The summed E-state index contributed by atoms with van der Waals surface area (Å²) in [5.74, 6) is -0.119. The van der Waals surface area contributed by atoms with Crippen molar-refractivity contribution in [1.29, 1.82) is 0 Å². The zero-order valence-electron chi connectivity index (χ0n) is 10.7. The number of aryl methyl sites for hydroxylation is 1. The van der Waals surface area contributed by atoms with Crippen LogP contribution in [-0.4, -0.2) is 28.8 Å². The van der Waals surface area contributed by atoms with Crippen molar-refractivity contribution in [3.8, 4) is 5.69 Å². The van der Waals surface area contributed by atoms with Gasteiger partial charge in [-0.2, -0.15) is 5.10 Å². The van der Waals surface area contributed by atoms with Crippen LogP contribution in [0.15, 0.2) is 36.5 Å². The maximum absolute atomic E-state index is 11.8. The molecule has 1 aromatic carbocycles. The lowest BCUT2D eigenvalue weighted by atomic mass is 10.2. The lowest BCUT2D eigenvalue weighted by molar-refractivity contribution is 0.0954. The molecule has 0 saturated heterocycles. The number of amides is 1. The van der Waals surface area contributed by atoms with Crippen LogP contribution in [0, 0.1) is 6.92 Å². The van der Waals surface area contributed by atoms with Crippen molar-refractivity contribution >= 4 is 18.3 Å². The van der Waals surface area contributed by atoms with Crippen LogP contribution in [0.2, 0.25) is 0 Å². The van der Waals surface area contributed by atoms with E-state index < -0.39 is 0 Å². The lowest BCUT2D eigenvalue weighted by Crippen LogP contribution is -2.29. The number of aromatic nitrogens is 2. The minimum atomic E-state index is -0.119. The zero-order chi connectivity index (χ0) is 13.0. The highest BCUT2D eigenvalue weighted by molar-refractivity contribution is 5.94. The maximum Gasteiger partial charge on any atom is 0.251 e. The van der Waals surface area contributed by atoms with Crippen molar-refractivity contribution < 1.29 is 4.79 Å². The Balaban J connectivity index is 0.00000180. The van der Waals surface area contributed by atoms with Gasteiger partial charge in [0.2, 0.25) is 0 Å². The first kappa shape index (κ1) is 15.2. The Morgan fingerprint density at radius 1 is 1.42 bits per heavy atom. The topological polar surface area (TPSA) is 72.9 Å². The van der Waals surface area contributed by atoms with E-state index in [4.69, 9.17) is 5.73 Å². The smallest absolute Gasteiger partial charge is 0.251 e. The van der Waals surface area contributed by atoms with Crippen LogP contribution in [0.25, 0.3) is 5.69 Å². The molecule has 0 fully saturated rings. The standard InChI is InChI=1S/C13H16N4O.ClH/c1-10-5-8-17(16-10)12-4-2-3-11(9-12)13(18)15-7-6-14;/h2-5,8-9H,6-7,14H2,1H3,(H,15,18);1H. The summed E-state index contributed by atoms with van der Waals surface area (Å²) in [6, 6.07) is 9.24. The fourth-order valence-corrected chi connectivity index (χ4v) is 1.64. The van der Waals surface area contributed by atoms with Gasteiger partial charge in [0, 0.05) is 24.8 Å². The molecular formula is C13H17ClN4O. The molecule has 2 rings (SSSR count). The van der Waals surface area contributed by atoms with Crippen molar-refractivity contribution in [2.75, 3.05) is 13.1 Å². The Bertz CT molecular complexity index is 553. The van der Waals surface area contributed by atoms with Crippen LogP contribution in [0.4, 0.5) is 0 Å². The van der Waals surface area contributed by atoms with E-state index in [-0.39, 0.29) is 18.3 Å². The number of nitrogens with one attached hydrogen (secondary N) is 1. The van der Waals surface area contributed by atoms with Gasteiger partial charge in [-0.1, -0.05) is 6.07 Å². The Hall–Kier alpha value is -1.85. The highest BCUT2D eigenvalue weighted by Crippen LogP contribution is 2.10. The van der Waals surface area contributed by atoms with Crippen LogP contribution in [-0.2, 0) is 0 Å². The molecule has 1 amide bonds. The van der Waals surface area contributed by atoms with Gasteiger partial charge in [0.25, 0.3) is 5.91 Å². The predicted molar refractivity (Wildman–Crippen MR) is 76.9 cm³/mol. The maximum atomic E-state index is 11.8. The first-order valence-corrected chi connectivity index (χ1v) is 5.81. The highest BCUT2D eigenvalue weighted by atomic mass is 35.5. The minimum absolute atomic E-state index is 0. The predicted octanol–water partition coefficient (Wildman–Crippen LogP) is 1.29. The van der Waals surface area contributed by atoms with Gasteiger partial charge < -0.3 is 11.1 Å². The van der Waals surface area contributed by atoms with Crippen LogP contribution in [0.1, 0.15) is 16.1 Å². The van der Waals surface area contributed by atoms with Crippen LogP contribution >= 0.6 is 12.4 Å². The number of rotatable bonds is 4. The molecule has 0 aliphatic carbocycles. The summed E-state index contributed by atoms with van der Waals surface area (Å²) in [5, 5.41) is 7.05. The van der Waals surface area contributed by atoms with Crippen molar-refractivity contribution in [1.82, 2.24) is 15.1 Å². The summed E-state index contributed by atoms with van der Waals surface area (Å²) < 4.78 is 1.75. The van der Waals surface area contributed by atoms with Crippen LogP contribution in [0.5, 0.6) is 0 Å². The summed E-state index contributed by atoms with van der Waals surface area (Å²) in [6.07, 6.45) is 1.87. The minimum Gasteiger partial charge on any atom is -0.351 e. The molecule has 102 valence electrons. The van der Waals surface area contributed by atoms with Gasteiger partial charge in [0.15, 0.2) is 0 Å². The van der Waals surface area contributed by atoms with Gasteiger partial charge in [-0.05, 0) is 31.2 Å². The van der Waals surface area contributed by atoms with Gasteiger partial charge in [-0.3, -0.25) is 4.79 Å². The third kappa shape index (κ3) is 3.81. The normalized spacial score (nSPS) is 9.79.